The van der Waals surface area contributed by atoms with Crippen molar-refractivity contribution in [2.75, 3.05) is 20.1 Å². The van der Waals surface area contributed by atoms with Gasteiger partial charge in [0.1, 0.15) is 10.5 Å². The third-order valence-electron chi connectivity index (χ3n) is 4.30. The number of carbonyl (C=O) groups is 2. The maximum atomic E-state index is 11.8. The minimum atomic E-state index is -0.640. The van der Waals surface area contributed by atoms with Crippen LogP contribution in [0.5, 0.6) is 0 Å². The summed E-state index contributed by atoms with van der Waals surface area (Å²) in [5, 5.41) is 15.3. The van der Waals surface area contributed by atoms with Gasteiger partial charge in [0.05, 0.1) is 11.4 Å². The van der Waals surface area contributed by atoms with Crippen LogP contribution in [0.1, 0.15) is 21.8 Å². The van der Waals surface area contributed by atoms with Gasteiger partial charge in [0.15, 0.2) is 6.19 Å². The summed E-state index contributed by atoms with van der Waals surface area (Å²) >= 11 is 1.46. The average molecular weight is 355 g/mol. The van der Waals surface area contributed by atoms with Gasteiger partial charge in [0.25, 0.3) is 5.91 Å². The molecule has 0 saturated carbocycles. The maximum Gasteiger partial charge on any atom is 0.251 e. The highest BCUT2D eigenvalue weighted by atomic mass is 32.1. The summed E-state index contributed by atoms with van der Waals surface area (Å²) < 4.78 is 0. The summed E-state index contributed by atoms with van der Waals surface area (Å²) in [7, 11) is 1.59. The Morgan fingerprint density at radius 2 is 2.36 bits per heavy atom. The first-order valence-electron chi connectivity index (χ1n) is 7.77. The van der Waals surface area contributed by atoms with Gasteiger partial charge >= 0.3 is 0 Å². The van der Waals surface area contributed by atoms with Crippen LogP contribution in [0.3, 0.4) is 0 Å². The van der Waals surface area contributed by atoms with Crippen molar-refractivity contribution in [3.8, 4) is 16.6 Å². The summed E-state index contributed by atoms with van der Waals surface area (Å²) in [4.78, 5) is 29.9. The van der Waals surface area contributed by atoms with Crippen molar-refractivity contribution < 1.29 is 9.59 Å². The van der Waals surface area contributed by atoms with Crippen LogP contribution in [0.4, 0.5) is 0 Å². The zero-order valence-corrected chi connectivity index (χ0v) is 14.5. The van der Waals surface area contributed by atoms with Crippen LogP contribution < -0.4 is 10.6 Å². The molecule has 2 N–H and O–H groups in total. The van der Waals surface area contributed by atoms with E-state index in [0.717, 1.165) is 15.4 Å². The van der Waals surface area contributed by atoms with Gasteiger partial charge in [-0.3, -0.25) is 9.59 Å². The van der Waals surface area contributed by atoms with Crippen LogP contribution >= 0.6 is 11.3 Å². The van der Waals surface area contributed by atoms with Gasteiger partial charge in [-0.15, -0.1) is 11.3 Å². The fourth-order valence-electron chi connectivity index (χ4n) is 2.95. The summed E-state index contributed by atoms with van der Waals surface area (Å²) in [6, 6.07) is 7.30. The van der Waals surface area contributed by atoms with Crippen molar-refractivity contribution in [3.63, 3.8) is 0 Å². The summed E-state index contributed by atoms with van der Waals surface area (Å²) in [6.45, 7) is 0.992. The van der Waals surface area contributed by atoms with Gasteiger partial charge < -0.3 is 15.5 Å². The first-order valence-corrected chi connectivity index (χ1v) is 8.58. The van der Waals surface area contributed by atoms with E-state index in [1.807, 2.05) is 18.2 Å². The molecule has 2 heterocycles. The van der Waals surface area contributed by atoms with Crippen molar-refractivity contribution in [2.24, 2.45) is 0 Å². The molecule has 3 rings (SSSR count). The second kappa shape index (κ2) is 6.91. The van der Waals surface area contributed by atoms with Crippen molar-refractivity contribution in [1.82, 2.24) is 20.5 Å². The molecule has 0 bridgehead atoms. The number of amides is 2. The molecule has 2 amide bonds. The molecule has 8 heteroatoms. The number of nitriles is 1. The van der Waals surface area contributed by atoms with Gasteiger partial charge in [-0.2, -0.15) is 5.26 Å². The van der Waals surface area contributed by atoms with E-state index in [2.05, 4.69) is 21.8 Å². The molecule has 25 heavy (non-hydrogen) atoms. The van der Waals surface area contributed by atoms with E-state index < -0.39 is 5.54 Å². The van der Waals surface area contributed by atoms with Gasteiger partial charge in [0, 0.05) is 25.4 Å². The Morgan fingerprint density at radius 3 is 3.04 bits per heavy atom. The monoisotopic (exact) mass is 355 g/mol. The van der Waals surface area contributed by atoms with E-state index in [1.165, 1.54) is 11.3 Å². The molecule has 1 fully saturated rings. The van der Waals surface area contributed by atoms with Gasteiger partial charge in [0.2, 0.25) is 6.41 Å². The number of likely N-dealkylation sites (tertiary alicyclic amines) is 1. The number of nitrogens with one attached hydrogen (secondary N) is 2. The predicted octanol–water partition coefficient (Wildman–Crippen LogP) is 1.30. The number of benzene rings is 1. The largest absolute Gasteiger partial charge is 0.355 e. The van der Waals surface area contributed by atoms with Gasteiger partial charge in [-0.1, -0.05) is 12.1 Å². The first-order chi connectivity index (χ1) is 12.1. The fraction of sp³-hybridized carbons (Fsp3) is 0.294. The fourth-order valence-corrected chi connectivity index (χ4v) is 4.03. The predicted molar refractivity (Wildman–Crippen MR) is 93.6 cm³/mol. The zero-order valence-electron chi connectivity index (χ0n) is 13.7. The molecule has 1 saturated heterocycles. The summed E-state index contributed by atoms with van der Waals surface area (Å²) in [6.07, 6.45) is 5.15. The van der Waals surface area contributed by atoms with E-state index in [1.54, 1.807) is 24.2 Å². The second-order valence-corrected chi connectivity index (χ2v) is 6.84. The molecule has 7 nitrogen and oxygen atoms in total. The van der Waals surface area contributed by atoms with Crippen molar-refractivity contribution in [1.29, 1.82) is 5.26 Å². The smallest absolute Gasteiger partial charge is 0.251 e. The first kappa shape index (κ1) is 16.9. The Labute approximate surface area is 149 Å². The number of aromatic nitrogens is 1. The zero-order chi connectivity index (χ0) is 17.9. The molecular weight excluding hydrogens is 338 g/mol. The van der Waals surface area contributed by atoms with E-state index in [0.29, 0.717) is 31.5 Å². The number of nitrogens with zero attached hydrogens (tertiary/aromatic N) is 3. The van der Waals surface area contributed by atoms with E-state index in [4.69, 9.17) is 5.26 Å². The number of rotatable bonds is 5. The number of hydrogen-bond donors (Lipinski definition) is 2. The molecule has 2 aromatic rings. The Balaban J connectivity index is 1.93. The topological polar surface area (TPSA) is 98.1 Å². The normalized spacial score (nSPS) is 19.3. The highest BCUT2D eigenvalue weighted by molar-refractivity contribution is 7.15. The van der Waals surface area contributed by atoms with Crippen LogP contribution in [0.15, 0.2) is 30.5 Å². The lowest BCUT2D eigenvalue weighted by Gasteiger charge is -2.25. The molecule has 1 aliphatic heterocycles. The SMILES string of the molecule is CNC(=O)c1cccc(-c2cnc(C3(NC=O)CCN(C#N)C3)s2)c1. The standard InChI is InChI=1S/C17H17N5O2S/c1-19-15(24)13-4-2-3-12(7-13)14-8-20-16(25-14)17(21-11-23)5-6-22(9-17)10-18/h2-4,7-8,11H,5-6,9H2,1H3,(H,19,24)(H,21,23). The minimum absolute atomic E-state index is 0.147. The molecule has 0 radical (unpaired) electrons. The van der Waals surface area contributed by atoms with Gasteiger partial charge in [-0.25, -0.2) is 4.98 Å². The molecule has 1 atom stereocenters. The van der Waals surface area contributed by atoms with Crippen LogP contribution in [0.25, 0.3) is 10.4 Å². The van der Waals surface area contributed by atoms with E-state index in [9.17, 15) is 9.59 Å². The lowest BCUT2D eigenvalue weighted by Crippen LogP contribution is -2.43. The number of thiazole rings is 1. The van der Waals surface area contributed by atoms with Crippen LogP contribution in [0.2, 0.25) is 0 Å². The van der Waals surface area contributed by atoms with E-state index in [-0.39, 0.29) is 5.91 Å². The highest BCUT2D eigenvalue weighted by Crippen LogP contribution is 2.37. The summed E-state index contributed by atoms with van der Waals surface area (Å²) in [5.74, 6) is -0.147. The quantitative estimate of drug-likeness (QED) is 0.622. The minimum Gasteiger partial charge on any atom is -0.355 e. The maximum absolute atomic E-state index is 11.8. The van der Waals surface area contributed by atoms with Crippen LogP contribution in [-0.2, 0) is 10.3 Å². The molecule has 1 aromatic carbocycles. The molecule has 0 spiro atoms. The van der Waals surface area contributed by atoms with Crippen molar-refractivity contribution >= 4 is 23.7 Å². The van der Waals surface area contributed by atoms with Gasteiger partial charge in [-0.05, 0) is 24.1 Å². The average Bonchev–Trinajstić information content (AvgIpc) is 3.29. The molecule has 128 valence electrons. The number of hydrogen-bond acceptors (Lipinski definition) is 6. The molecule has 1 aliphatic rings. The van der Waals surface area contributed by atoms with E-state index >= 15 is 0 Å². The molecular formula is C17H17N5O2S. The van der Waals surface area contributed by atoms with Crippen molar-refractivity contribution in [2.45, 2.75) is 12.0 Å². The lowest BCUT2D eigenvalue weighted by molar-refractivity contribution is -0.111. The van der Waals surface area contributed by atoms with Crippen molar-refractivity contribution in [3.05, 3.63) is 41.0 Å². The molecule has 0 aliphatic carbocycles. The Hall–Kier alpha value is -2.92. The highest BCUT2D eigenvalue weighted by Gasteiger charge is 2.42. The third kappa shape index (κ3) is 3.19. The Kier molecular flexibility index (Phi) is 4.67. The Bertz CT molecular complexity index is 844. The third-order valence-corrected chi connectivity index (χ3v) is 5.55. The molecule has 1 aromatic heterocycles. The second-order valence-electron chi connectivity index (χ2n) is 5.81. The lowest BCUT2D eigenvalue weighted by atomic mass is 10.0. The van der Waals surface area contributed by atoms with Crippen LogP contribution in [-0.4, -0.2) is 42.3 Å². The van der Waals surface area contributed by atoms with Crippen LogP contribution in [0, 0.1) is 11.5 Å². The summed E-state index contributed by atoms with van der Waals surface area (Å²) in [5.41, 5.74) is 0.826. The molecule has 1 unspecified atom stereocenters. The number of carbonyl (C=O) groups excluding carboxylic acids is 2. The Morgan fingerprint density at radius 1 is 1.52 bits per heavy atom.